The van der Waals surface area contributed by atoms with E-state index in [1.807, 2.05) is 0 Å². The molecule has 0 radical (unpaired) electrons. The number of fused-ring (bicyclic) bond motifs is 1. The van der Waals surface area contributed by atoms with Crippen LogP contribution in [0.2, 0.25) is 5.02 Å². The minimum absolute atomic E-state index is 0.0207. The van der Waals surface area contributed by atoms with Crippen molar-refractivity contribution in [2.24, 2.45) is 0 Å². The molecule has 0 aromatic heterocycles. The largest absolute Gasteiger partial charge is 0.325 e. The zero-order chi connectivity index (χ0) is 14.8. The van der Waals surface area contributed by atoms with Crippen molar-refractivity contribution in [3.8, 4) is 0 Å². The molecule has 6 heteroatoms. The van der Waals surface area contributed by atoms with Crippen LogP contribution in [0.25, 0.3) is 0 Å². The molecule has 2 aliphatic heterocycles. The number of hydrogen-bond donors (Lipinski definition) is 1. The zero-order valence-corrected chi connectivity index (χ0v) is 12.6. The summed E-state index contributed by atoms with van der Waals surface area (Å²) < 4.78 is 13.1. The van der Waals surface area contributed by atoms with E-state index in [1.165, 1.54) is 37.6 Å². The van der Waals surface area contributed by atoms with Gasteiger partial charge in [0.25, 0.3) is 0 Å². The molecular weight excluding hydrogens is 293 g/mol. The van der Waals surface area contributed by atoms with Crippen molar-refractivity contribution in [3.05, 3.63) is 29.0 Å². The number of amides is 1. The summed E-state index contributed by atoms with van der Waals surface area (Å²) in [7, 11) is 0. The molecule has 114 valence electrons. The molecule has 3 rings (SSSR count). The van der Waals surface area contributed by atoms with Gasteiger partial charge in [-0.15, -0.1) is 0 Å². The van der Waals surface area contributed by atoms with Gasteiger partial charge in [-0.1, -0.05) is 11.6 Å². The molecule has 0 saturated carbocycles. The molecule has 2 aliphatic rings. The predicted molar refractivity (Wildman–Crippen MR) is 81.1 cm³/mol. The number of halogens is 2. The average Bonchev–Trinajstić information content (AvgIpc) is 2.90. The van der Waals surface area contributed by atoms with Crippen LogP contribution < -0.4 is 5.32 Å². The molecule has 4 nitrogen and oxygen atoms in total. The highest BCUT2D eigenvalue weighted by Gasteiger charge is 2.30. The molecule has 2 fully saturated rings. The maximum atomic E-state index is 13.1. The van der Waals surface area contributed by atoms with Crippen LogP contribution in [0, 0.1) is 5.82 Å². The molecule has 21 heavy (non-hydrogen) atoms. The third-order valence-electron chi connectivity index (χ3n) is 4.24. The van der Waals surface area contributed by atoms with Gasteiger partial charge in [0.2, 0.25) is 5.91 Å². The highest BCUT2D eigenvalue weighted by Crippen LogP contribution is 2.22. The van der Waals surface area contributed by atoms with E-state index in [2.05, 4.69) is 15.1 Å². The first kappa shape index (κ1) is 14.8. The fraction of sp³-hybridized carbons (Fsp3) is 0.533. The Morgan fingerprint density at radius 1 is 1.38 bits per heavy atom. The van der Waals surface area contributed by atoms with E-state index >= 15 is 0 Å². The highest BCUT2D eigenvalue weighted by atomic mass is 35.5. The van der Waals surface area contributed by atoms with Crippen molar-refractivity contribution in [1.82, 2.24) is 9.80 Å². The van der Waals surface area contributed by atoms with Gasteiger partial charge in [-0.25, -0.2) is 4.39 Å². The van der Waals surface area contributed by atoms with Crippen LogP contribution in [0.15, 0.2) is 18.2 Å². The van der Waals surface area contributed by atoms with E-state index in [0.29, 0.717) is 18.3 Å². The van der Waals surface area contributed by atoms with Crippen LogP contribution >= 0.6 is 11.6 Å². The van der Waals surface area contributed by atoms with Crippen molar-refractivity contribution in [3.63, 3.8) is 0 Å². The summed E-state index contributed by atoms with van der Waals surface area (Å²) in [5, 5.41) is 2.79. The molecule has 0 unspecified atom stereocenters. The van der Waals surface area contributed by atoms with Gasteiger partial charge in [-0.2, -0.15) is 0 Å². The number of carbonyl (C=O) groups is 1. The molecule has 1 aromatic carbocycles. The Hall–Kier alpha value is -1.17. The van der Waals surface area contributed by atoms with Crippen molar-refractivity contribution in [2.45, 2.75) is 18.9 Å². The summed E-state index contributed by atoms with van der Waals surface area (Å²) in [4.78, 5) is 16.8. The quantitative estimate of drug-likeness (QED) is 0.929. The third kappa shape index (κ3) is 3.54. The van der Waals surface area contributed by atoms with Crippen molar-refractivity contribution in [2.75, 3.05) is 38.0 Å². The highest BCUT2D eigenvalue weighted by molar-refractivity contribution is 6.31. The zero-order valence-electron chi connectivity index (χ0n) is 11.8. The monoisotopic (exact) mass is 311 g/mol. The summed E-state index contributed by atoms with van der Waals surface area (Å²) in [5.74, 6) is -0.559. The summed E-state index contributed by atoms with van der Waals surface area (Å²) in [6, 6.07) is 4.82. The second-order valence-corrected chi connectivity index (χ2v) is 6.15. The average molecular weight is 312 g/mol. The number of rotatable bonds is 3. The van der Waals surface area contributed by atoms with Crippen molar-refractivity contribution >= 4 is 23.2 Å². The lowest BCUT2D eigenvalue weighted by molar-refractivity contribution is -0.117. The van der Waals surface area contributed by atoms with Crippen molar-refractivity contribution in [1.29, 1.82) is 0 Å². The van der Waals surface area contributed by atoms with Crippen LogP contribution in [0.3, 0.4) is 0 Å². The fourth-order valence-corrected chi connectivity index (χ4v) is 3.36. The van der Waals surface area contributed by atoms with Crippen LogP contribution in [-0.4, -0.2) is 54.5 Å². The minimum atomic E-state index is -0.480. The first-order valence-electron chi connectivity index (χ1n) is 7.33. The van der Waals surface area contributed by atoms with Crippen molar-refractivity contribution < 1.29 is 9.18 Å². The Kier molecular flexibility index (Phi) is 4.42. The Morgan fingerprint density at radius 3 is 3.05 bits per heavy atom. The molecule has 2 saturated heterocycles. The maximum Gasteiger partial charge on any atom is 0.238 e. The molecule has 1 aromatic rings. The normalized spacial score (nSPS) is 23.0. The fourth-order valence-electron chi connectivity index (χ4n) is 3.18. The first-order valence-corrected chi connectivity index (χ1v) is 7.71. The maximum absolute atomic E-state index is 13.1. The molecular formula is C15H19ClFN3O. The molecule has 2 heterocycles. The molecule has 1 amide bonds. The number of nitrogens with zero attached hydrogens (tertiary/aromatic N) is 2. The van der Waals surface area contributed by atoms with Crippen LogP contribution in [0.5, 0.6) is 0 Å². The van der Waals surface area contributed by atoms with E-state index in [9.17, 15) is 9.18 Å². The van der Waals surface area contributed by atoms with Crippen LogP contribution in [0.1, 0.15) is 12.8 Å². The first-order chi connectivity index (χ1) is 10.1. The second kappa shape index (κ2) is 6.30. The van der Waals surface area contributed by atoms with Gasteiger partial charge in [0.1, 0.15) is 5.82 Å². The van der Waals surface area contributed by atoms with Gasteiger partial charge >= 0.3 is 0 Å². The molecule has 0 aliphatic carbocycles. The summed E-state index contributed by atoms with van der Waals surface area (Å²) in [5.41, 5.74) is 0.533. The topological polar surface area (TPSA) is 35.6 Å². The lowest BCUT2D eigenvalue weighted by Gasteiger charge is -2.37. The Morgan fingerprint density at radius 2 is 2.24 bits per heavy atom. The van der Waals surface area contributed by atoms with Crippen LogP contribution in [-0.2, 0) is 4.79 Å². The second-order valence-electron chi connectivity index (χ2n) is 5.74. The Bertz CT molecular complexity index is 540. The SMILES string of the molecule is O=C(CN1CCN2CCC[C@H]2C1)Nc1ccc(F)c(Cl)c1. The molecule has 0 bridgehead atoms. The van der Waals surface area contributed by atoms with Gasteiger partial charge in [0, 0.05) is 31.4 Å². The van der Waals surface area contributed by atoms with E-state index in [-0.39, 0.29) is 10.9 Å². The van der Waals surface area contributed by atoms with Gasteiger partial charge in [-0.05, 0) is 37.6 Å². The number of carbonyl (C=O) groups excluding carboxylic acids is 1. The molecule has 0 spiro atoms. The summed E-state index contributed by atoms with van der Waals surface area (Å²) >= 11 is 5.71. The van der Waals surface area contributed by atoms with Gasteiger partial charge in [0.05, 0.1) is 11.6 Å². The number of benzene rings is 1. The van der Waals surface area contributed by atoms with Gasteiger partial charge < -0.3 is 5.32 Å². The van der Waals surface area contributed by atoms with E-state index in [1.54, 1.807) is 0 Å². The number of anilines is 1. The van der Waals surface area contributed by atoms with E-state index in [4.69, 9.17) is 11.6 Å². The smallest absolute Gasteiger partial charge is 0.238 e. The van der Waals surface area contributed by atoms with Crippen LogP contribution in [0.4, 0.5) is 10.1 Å². The summed E-state index contributed by atoms with van der Waals surface area (Å²) in [6.45, 7) is 4.49. The Labute approximate surface area is 128 Å². The third-order valence-corrected chi connectivity index (χ3v) is 4.53. The predicted octanol–water partition coefficient (Wildman–Crippen LogP) is 2.20. The minimum Gasteiger partial charge on any atom is -0.325 e. The standard InChI is InChI=1S/C15H19ClFN3O/c16-13-8-11(3-4-14(13)17)18-15(21)10-19-6-7-20-5-1-2-12(20)9-19/h3-4,8,12H,1-2,5-7,9-10H2,(H,18,21)/t12-/m0/s1. The lowest BCUT2D eigenvalue weighted by Crippen LogP contribution is -2.51. The summed E-state index contributed by atoms with van der Waals surface area (Å²) in [6.07, 6.45) is 2.49. The van der Waals surface area contributed by atoms with E-state index < -0.39 is 5.82 Å². The Balaban J connectivity index is 1.53. The van der Waals surface area contributed by atoms with E-state index in [0.717, 1.165) is 19.6 Å². The number of nitrogens with one attached hydrogen (secondary N) is 1. The molecule has 1 atom stereocenters. The molecule has 1 N–H and O–H groups in total. The number of piperazine rings is 1. The number of hydrogen-bond acceptors (Lipinski definition) is 3. The van der Waals surface area contributed by atoms with Gasteiger partial charge in [-0.3, -0.25) is 14.6 Å². The van der Waals surface area contributed by atoms with Gasteiger partial charge in [0.15, 0.2) is 0 Å². The lowest BCUT2D eigenvalue weighted by atomic mass is 10.1.